The lowest BCUT2D eigenvalue weighted by Crippen LogP contribution is -2.38. The van der Waals surface area contributed by atoms with Gasteiger partial charge in [0.25, 0.3) is 0 Å². The molecule has 1 N–H and O–H groups in total. The third-order valence-corrected chi connectivity index (χ3v) is 3.43. The SMILES string of the molecule is Cc1ccc(N(C)C(=O)CNC(C)C)c(C)c1C. The maximum absolute atomic E-state index is 12.1. The Morgan fingerprint density at radius 2 is 1.83 bits per heavy atom. The lowest BCUT2D eigenvalue weighted by Gasteiger charge is -2.22. The van der Waals surface area contributed by atoms with Crippen LogP contribution in [-0.2, 0) is 4.79 Å². The van der Waals surface area contributed by atoms with Crippen LogP contribution in [0.3, 0.4) is 0 Å². The zero-order valence-electron chi connectivity index (χ0n) is 12.3. The number of benzene rings is 1. The fraction of sp³-hybridized carbons (Fsp3) is 0.533. The summed E-state index contributed by atoms with van der Waals surface area (Å²) in [6.45, 7) is 10.7. The molecule has 0 aromatic heterocycles. The van der Waals surface area contributed by atoms with E-state index >= 15 is 0 Å². The Morgan fingerprint density at radius 3 is 2.39 bits per heavy atom. The number of rotatable bonds is 4. The molecular weight excluding hydrogens is 224 g/mol. The second-order valence-electron chi connectivity index (χ2n) is 5.14. The Balaban J connectivity index is 2.87. The van der Waals surface area contributed by atoms with Crippen molar-refractivity contribution >= 4 is 11.6 Å². The maximum atomic E-state index is 12.1. The first-order valence-corrected chi connectivity index (χ1v) is 6.41. The van der Waals surface area contributed by atoms with Crippen LogP contribution in [0, 0.1) is 20.8 Å². The van der Waals surface area contributed by atoms with Gasteiger partial charge in [-0.25, -0.2) is 0 Å². The highest BCUT2D eigenvalue weighted by Crippen LogP contribution is 2.24. The van der Waals surface area contributed by atoms with E-state index < -0.39 is 0 Å². The molecular formula is C15H24N2O. The van der Waals surface area contributed by atoms with Crippen LogP contribution in [0.1, 0.15) is 30.5 Å². The molecule has 0 unspecified atom stereocenters. The summed E-state index contributed by atoms with van der Waals surface area (Å²) in [5.41, 5.74) is 4.69. The first kappa shape index (κ1) is 14.7. The van der Waals surface area contributed by atoms with Crippen LogP contribution in [0.5, 0.6) is 0 Å². The number of nitrogens with one attached hydrogen (secondary N) is 1. The smallest absolute Gasteiger partial charge is 0.240 e. The summed E-state index contributed by atoms with van der Waals surface area (Å²) in [6.07, 6.45) is 0. The van der Waals surface area contributed by atoms with Gasteiger partial charge in [0.05, 0.1) is 6.54 Å². The van der Waals surface area contributed by atoms with Crippen molar-refractivity contribution in [2.45, 2.75) is 40.7 Å². The van der Waals surface area contributed by atoms with Crippen molar-refractivity contribution in [3.05, 3.63) is 28.8 Å². The molecule has 1 rings (SSSR count). The van der Waals surface area contributed by atoms with Gasteiger partial charge in [-0.3, -0.25) is 4.79 Å². The van der Waals surface area contributed by atoms with Crippen LogP contribution < -0.4 is 10.2 Å². The first-order valence-electron chi connectivity index (χ1n) is 6.41. The molecule has 0 saturated heterocycles. The van der Waals surface area contributed by atoms with E-state index in [-0.39, 0.29) is 5.91 Å². The fourth-order valence-electron chi connectivity index (χ4n) is 1.85. The topological polar surface area (TPSA) is 32.3 Å². The van der Waals surface area contributed by atoms with Crippen LogP contribution in [-0.4, -0.2) is 25.5 Å². The Bertz CT molecular complexity index is 438. The molecule has 1 aromatic carbocycles. The number of aryl methyl sites for hydroxylation is 1. The number of carbonyl (C=O) groups excluding carboxylic acids is 1. The summed E-state index contributed by atoms with van der Waals surface area (Å²) in [4.78, 5) is 13.8. The van der Waals surface area contributed by atoms with Crippen LogP contribution in [0.15, 0.2) is 12.1 Å². The highest BCUT2D eigenvalue weighted by Gasteiger charge is 2.14. The number of amides is 1. The average molecular weight is 248 g/mol. The Labute approximate surface area is 110 Å². The van der Waals surface area contributed by atoms with Crippen molar-refractivity contribution in [3.8, 4) is 0 Å². The van der Waals surface area contributed by atoms with Crippen molar-refractivity contribution < 1.29 is 4.79 Å². The summed E-state index contributed by atoms with van der Waals surface area (Å²) < 4.78 is 0. The van der Waals surface area contributed by atoms with Gasteiger partial charge in [0.1, 0.15) is 0 Å². The number of nitrogens with zero attached hydrogens (tertiary/aromatic N) is 1. The largest absolute Gasteiger partial charge is 0.314 e. The van der Waals surface area contributed by atoms with Crippen molar-refractivity contribution in [1.29, 1.82) is 0 Å². The molecule has 0 heterocycles. The highest BCUT2D eigenvalue weighted by atomic mass is 16.2. The van der Waals surface area contributed by atoms with Gasteiger partial charge in [-0.1, -0.05) is 19.9 Å². The second kappa shape index (κ2) is 6.01. The summed E-state index contributed by atoms with van der Waals surface area (Å²) in [7, 11) is 1.83. The van der Waals surface area contributed by atoms with Crippen LogP contribution >= 0.6 is 0 Å². The van der Waals surface area contributed by atoms with E-state index in [9.17, 15) is 4.79 Å². The van der Waals surface area contributed by atoms with Gasteiger partial charge in [-0.05, 0) is 43.5 Å². The van der Waals surface area contributed by atoms with Crippen molar-refractivity contribution in [3.63, 3.8) is 0 Å². The van der Waals surface area contributed by atoms with Crippen LogP contribution in [0.2, 0.25) is 0 Å². The number of hydrogen-bond acceptors (Lipinski definition) is 2. The zero-order valence-corrected chi connectivity index (χ0v) is 12.3. The molecule has 0 aliphatic carbocycles. The van der Waals surface area contributed by atoms with E-state index in [2.05, 4.69) is 32.2 Å². The summed E-state index contributed by atoms with van der Waals surface area (Å²) >= 11 is 0. The third-order valence-electron chi connectivity index (χ3n) is 3.43. The molecule has 0 bridgehead atoms. The molecule has 18 heavy (non-hydrogen) atoms. The summed E-state index contributed by atoms with van der Waals surface area (Å²) in [5, 5.41) is 3.15. The van der Waals surface area contributed by atoms with E-state index in [4.69, 9.17) is 0 Å². The Kier molecular flexibility index (Phi) is 4.91. The average Bonchev–Trinajstić information content (AvgIpc) is 2.32. The van der Waals surface area contributed by atoms with Gasteiger partial charge >= 0.3 is 0 Å². The number of hydrogen-bond donors (Lipinski definition) is 1. The molecule has 1 aromatic rings. The van der Waals surface area contributed by atoms with Gasteiger partial charge in [-0.15, -0.1) is 0 Å². The predicted octanol–water partition coefficient (Wildman–Crippen LogP) is 2.57. The number of likely N-dealkylation sites (N-methyl/N-ethyl adjacent to an activating group) is 1. The first-order chi connectivity index (χ1) is 8.34. The second-order valence-corrected chi connectivity index (χ2v) is 5.14. The minimum absolute atomic E-state index is 0.0926. The quantitative estimate of drug-likeness (QED) is 0.888. The zero-order chi connectivity index (χ0) is 13.9. The normalized spacial score (nSPS) is 10.8. The van der Waals surface area contributed by atoms with E-state index in [0.717, 1.165) is 5.69 Å². The van der Waals surface area contributed by atoms with Crippen molar-refractivity contribution in [2.75, 3.05) is 18.5 Å². The fourth-order valence-corrected chi connectivity index (χ4v) is 1.85. The van der Waals surface area contributed by atoms with Crippen LogP contribution in [0.4, 0.5) is 5.69 Å². The molecule has 0 spiro atoms. The Morgan fingerprint density at radius 1 is 1.22 bits per heavy atom. The van der Waals surface area contributed by atoms with E-state index in [1.807, 2.05) is 27.0 Å². The molecule has 3 heteroatoms. The molecule has 0 fully saturated rings. The molecule has 0 aliphatic heterocycles. The molecule has 0 saturated carbocycles. The standard InChI is InChI=1S/C15H24N2O/c1-10(2)16-9-15(18)17(6)14-8-7-11(3)12(4)13(14)5/h7-8,10,16H,9H2,1-6H3. The predicted molar refractivity (Wildman–Crippen MR) is 77.2 cm³/mol. The van der Waals surface area contributed by atoms with Gasteiger partial charge in [0, 0.05) is 18.8 Å². The third kappa shape index (κ3) is 3.33. The molecule has 0 radical (unpaired) electrons. The van der Waals surface area contributed by atoms with Crippen molar-refractivity contribution in [1.82, 2.24) is 5.32 Å². The molecule has 0 atom stereocenters. The number of carbonyl (C=O) groups is 1. The monoisotopic (exact) mass is 248 g/mol. The maximum Gasteiger partial charge on any atom is 0.240 e. The van der Waals surface area contributed by atoms with Gasteiger partial charge in [-0.2, -0.15) is 0 Å². The van der Waals surface area contributed by atoms with Gasteiger partial charge in [0.2, 0.25) is 5.91 Å². The van der Waals surface area contributed by atoms with Gasteiger partial charge in [0.15, 0.2) is 0 Å². The minimum Gasteiger partial charge on any atom is -0.314 e. The summed E-state index contributed by atoms with van der Waals surface area (Å²) in [5.74, 6) is 0.0926. The summed E-state index contributed by atoms with van der Waals surface area (Å²) in [6, 6.07) is 4.41. The molecule has 3 nitrogen and oxygen atoms in total. The van der Waals surface area contributed by atoms with Gasteiger partial charge < -0.3 is 10.2 Å². The highest BCUT2D eigenvalue weighted by molar-refractivity contribution is 5.95. The molecule has 1 amide bonds. The van der Waals surface area contributed by atoms with Crippen LogP contribution in [0.25, 0.3) is 0 Å². The number of anilines is 1. The minimum atomic E-state index is 0.0926. The molecule has 100 valence electrons. The van der Waals surface area contributed by atoms with Crippen molar-refractivity contribution in [2.24, 2.45) is 0 Å². The van der Waals surface area contributed by atoms with E-state index in [1.165, 1.54) is 16.7 Å². The lowest BCUT2D eigenvalue weighted by molar-refractivity contribution is -0.117. The Hall–Kier alpha value is -1.35. The van der Waals surface area contributed by atoms with E-state index in [1.54, 1.807) is 4.90 Å². The lowest BCUT2D eigenvalue weighted by atomic mass is 10.0. The van der Waals surface area contributed by atoms with E-state index in [0.29, 0.717) is 12.6 Å². The molecule has 0 aliphatic rings.